The summed E-state index contributed by atoms with van der Waals surface area (Å²) in [7, 11) is 1.85. The summed E-state index contributed by atoms with van der Waals surface area (Å²) >= 11 is 0. The topological polar surface area (TPSA) is 50.4 Å². The van der Waals surface area contributed by atoms with Gasteiger partial charge in [0.1, 0.15) is 0 Å². The van der Waals surface area contributed by atoms with Gasteiger partial charge in [0.05, 0.1) is 6.61 Å². The fourth-order valence-corrected chi connectivity index (χ4v) is 1.64. The lowest BCUT2D eigenvalue weighted by molar-refractivity contribution is -0.121. The van der Waals surface area contributed by atoms with Gasteiger partial charge in [0.25, 0.3) is 0 Å². The molecule has 0 bridgehead atoms. The Bertz CT molecular complexity index is 410. The van der Waals surface area contributed by atoms with Crippen molar-refractivity contribution in [2.75, 3.05) is 20.2 Å². The van der Waals surface area contributed by atoms with Crippen LogP contribution in [0.25, 0.3) is 0 Å². The molecule has 0 atom stereocenters. The lowest BCUT2D eigenvalue weighted by Gasteiger charge is -2.08. The van der Waals surface area contributed by atoms with E-state index >= 15 is 0 Å². The van der Waals surface area contributed by atoms with E-state index in [2.05, 4.69) is 10.6 Å². The molecule has 0 aliphatic heterocycles. The van der Waals surface area contributed by atoms with E-state index in [1.165, 1.54) is 6.07 Å². The van der Waals surface area contributed by atoms with Crippen LogP contribution in [0.4, 0.5) is 4.39 Å². The first-order valence-corrected chi connectivity index (χ1v) is 6.50. The molecule has 1 aromatic carbocycles. The Morgan fingerprint density at radius 3 is 2.84 bits per heavy atom. The SMILES string of the molecule is CCOc1ccc(CNC(=O)CCCNC)cc1F. The quantitative estimate of drug-likeness (QED) is 0.707. The number of hydrogen-bond donors (Lipinski definition) is 2. The Morgan fingerprint density at radius 2 is 2.21 bits per heavy atom. The van der Waals surface area contributed by atoms with Crippen molar-refractivity contribution in [2.24, 2.45) is 0 Å². The van der Waals surface area contributed by atoms with Crippen LogP contribution in [0.15, 0.2) is 18.2 Å². The smallest absolute Gasteiger partial charge is 0.220 e. The molecule has 0 saturated heterocycles. The summed E-state index contributed by atoms with van der Waals surface area (Å²) < 4.78 is 18.7. The number of carbonyl (C=O) groups excluding carboxylic acids is 1. The molecule has 1 amide bonds. The molecular formula is C14H21FN2O2. The average Bonchev–Trinajstić information content (AvgIpc) is 2.40. The Kier molecular flexibility index (Phi) is 6.89. The number of rotatable bonds is 8. The van der Waals surface area contributed by atoms with Gasteiger partial charge in [-0.2, -0.15) is 0 Å². The van der Waals surface area contributed by atoms with Crippen LogP contribution in [0.1, 0.15) is 25.3 Å². The first-order chi connectivity index (χ1) is 9.17. The van der Waals surface area contributed by atoms with Gasteiger partial charge in [0, 0.05) is 13.0 Å². The summed E-state index contributed by atoms with van der Waals surface area (Å²) in [5.41, 5.74) is 0.725. The predicted molar refractivity (Wildman–Crippen MR) is 72.6 cm³/mol. The molecule has 0 aliphatic carbocycles. The van der Waals surface area contributed by atoms with Gasteiger partial charge < -0.3 is 15.4 Å². The summed E-state index contributed by atoms with van der Waals surface area (Å²) in [4.78, 5) is 11.5. The van der Waals surface area contributed by atoms with Gasteiger partial charge in [-0.1, -0.05) is 6.07 Å². The molecule has 106 valence electrons. The number of amides is 1. The Balaban J connectivity index is 2.41. The molecule has 0 saturated carbocycles. The molecule has 0 spiro atoms. The van der Waals surface area contributed by atoms with Crippen LogP contribution in [-0.2, 0) is 11.3 Å². The van der Waals surface area contributed by atoms with Crippen molar-refractivity contribution in [3.05, 3.63) is 29.6 Å². The molecule has 19 heavy (non-hydrogen) atoms. The molecular weight excluding hydrogens is 247 g/mol. The Labute approximate surface area is 113 Å². The van der Waals surface area contributed by atoms with E-state index in [0.29, 0.717) is 19.6 Å². The number of halogens is 1. The van der Waals surface area contributed by atoms with E-state index in [1.807, 2.05) is 7.05 Å². The van der Waals surface area contributed by atoms with E-state index in [4.69, 9.17) is 4.74 Å². The molecule has 2 N–H and O–H groups in total. The predicted octanol–water partition coefficient (Wildman–Crippen LogP) is 1.84. The molecule has 5 heteroatoms. The third-order valence-corrected chi connectivity index (χ3v) is 2.62. The van der Waals surface area contributed by atoms with Crippen LogP contribution in [0.3, 0.4) is 0 Å². The second kappa shape index (κ2) is 8.48. The maximum Gasteiger partial charge on any atom is 0.220 e. The van der Waals surface area contributed by atoms with Gasteiger partial charge in [0.15, 0.2) is 11.6 Å². The standard InChI is InChI=1S/C14H21FN2O2/c1-3-19-13-7-6-11(9-12(13)15)10-17-14(18)5-4-8-16-2/h6-7,9,16H,3-5,8,10H2,1-2H3,(H,17,18). The molecule has 0 aliphatic rings. The van der Waals surface area contributed by atoms with E-state index in [-0.39, 0.29) is 11.7 Å². The van der Waals surface area contributed by atoms with Gasteiger partial charge in [-0.15, -0.1) is 0 Å². The van der Waals surface area contributed by atoms with E-state index < -0.39 is 5.82 Å². The van der Waals surface area contributed by atoms with E-state index in [1.54, 1.807) is 19.1 Å². The molecule has 0 fully saturated rings. The van der Waals surface area contributed by atoms with Crippen molar-refractivity contribution in [1.82, 2.24) is 10.6 Å². The van der Waals surface area contributed by atoms with Crippen molar-refractivity contribution < 1.29 is 13.9 Å². The molecule has 0 heterocycles. The summed E-state index contributed by atoms with van der Waals surface area (Å²) in [6.45, 7) is 3.38. The fourth-order valence-electron chi connectivity index (χ4n) is 1.64. The van der Waals surface area contributed by atoms with Gasteiger partial charge in [-0.25, -0.2) is 4.39 Å². The average molecular weight is 268 g/mol. The van der Waals surface area contributed by atoms with Gasteiger partial charge in [-0.3, -0.25) is 4.79 Å². The summed E-state index contributed by atoms with van der Waals surface area (Å²) in [6.07, 6.45) is 1.26. The first-order valence-electron chi connectivity index (χ1n) is 6.50. The molecule has 0 radical (unpaired) electrons. The maximum absolute atomic E-state index is 13.6. The summed E-state index contributed by atoms with van der Waals surface area (Å²) in [5, 5.41) is 5.74. The highest BCUT2D eigenvalue weighted by molar-refractivity contribution is 5.75. The highest BCUT2D eigenvalue weighted by Gasteiger charge is 2.05. The number of nitrogens with one attached hydrogen (secondary N) is 2. The molecule has 0 aromatic heterocycles. The van der Waals surface area contributed by atoms with E-state index in [0.717, 1.165) is 18.5 Å². The minimum Gasteiger partial charge on any atom is -0.491 e. The molecule has 0 unspecified atom stereocenters. The highest BCUT2D eigenvalue weighted by Crippen LogP contribution is 2.18. The zero-order chi connectivity index (χ0) is 14.1. The van der Waals surface area contributed by atoms with Crippen molar-refractivity contribution in [3.8, 4) is 5.75 Å². The van der Waals surface area contributed by atoms with Crippen LogP contribution in [0, 0.1) is 5.82 Å². The molecule has 1 aromatic rings. The van der Waals surface area contributed by atoms with Crippen LogP contribution < -0.4 is 15.4 Å². The monoisotopic (exact) mass is 268 g/mol. The maximum atomic E-state index is 13.6. The fraction of sp³-hybridized carbons (Fsp3) is 0.500. The molecule has 1 rings (SSSR count). The number of ether oxygens (including phenoxy) is 1. The van der Waals surface area contributed by atoms with Gasteiger partial charge in [0.2, 0.25) is 5.91 Å². The molecule has 4 nitrogen and oxygen atoms in total. The van der Waals surface area contributed by atoms with Gasteiger partial charge in [-0.05, 0) is 44.6 Å². The largest absolute Gasteiger partial charge is 0.491 e. The minimum absolute atomic E-state index is 0.0236. The van der Waals surface area contributed by atoms with Crippen molar-refractivity contribution >= 4 is 5.91 Å². The second-order valence-electron chi connectivity index (χ2n) is 4.18. The lowest BCUT2D eigenvalue weighted by Crippen LogP contribution is -2.23. The Morgan fingerprint density at radius 1 is 1.42 bits per heavy atom. The second-order valence-corrected chi connectivity index (χ2v) is 4.18. The van der Waals surface area contributed by atoms with Crippen molar-refractivity contribution in [1.29, 1.82) is 0 Å². The number of carbonyl (C=O) groups is 1. The van der Waals surface area contributed by atoms with Crippen LogP contribution >= 0.6 is 0 Å². The van der Waals surface area contributed by atoms with Gasteiger partial charge >= 0.3 is 0 Å². The van der Waals surface area contributed by atoms with Crippen molar-refractivity contribution in [3.63, 3.8) is 0 Å². The Hall–Kier alpha value is -1.62. The number of benzene rings is 1. The van der Waals surface area contributed by atoms with Crippen LogP contribution in [0.5, 0.6) is 5.75 Å². The third-order valence-electron chi connectivity index (χ3n) is 2.62. The first kappa shape index (κ1) is 15.4. The summed E-state index contributed by atoms with van der Waals surface area (Å²) in [6, 6.07) is 4.72. The minimum atomic E-state index is -0.399. The third kappa shape index (κ3) is 5.70. The van der Waals surface area contributed by atoms with Crippen molar-refractivity contribution in [2.45, 2.75) is 26.3 Å². The zero-order valence-electron chi connectivity index (χ0n) is 11.5. The van der Waals surface area contributed by atoms with Crippen LogP contribution in [-0.4, -0.2) is 26.1 Å². The van der Waals surface area contributed by atoms with Crippen LogP contribution in [0.2, 0.25) is 0 Å². The lowest BCUT2D eigenvalue weighted by atomic mass is 10.2. The number of hydrogen-bond acceptors (Lipinski definition) is 3. The van der Waals surface area contributed by atoms with E-state index in [9.17, 15) is 9.18 Å². The zero-order valence-corrected chi connectivity index (χ0v) is 11.5. The normalized spacial score (nSPS) is 10.3. The summed E-state index contributed by atoms with van der Waals surface area (Å²) in [5.74, 6) is -0.181. The highest BCUT2D eigenvalue weighted by atomic mass is 19.1.